The van der Waals surface area contributed by atoms with E-state index in [-0.39, 0.29) is 0 Å². The largest absolute Gasteiger partial charge is 0.311 e. The fourth-order valence-corrected chi connectivity index (χ4v) is 2.32. The Morgan fingerprint density at radius 2 is 2.06 bits per heavy atom. The molecule has 0 radical (unpaired) electrons. The Bertz CT molecular complexity index is 502. The van der Waals surface area contributed by atoms with Crippen molar-refractivity contribution in [3.05, 3.63) is 53.3 Å². The van der Waals surface area contributed by atoms with Crippen LogP contribution in [0.5, 0.6) is 0 Å². The molecule has 3 heteroatoms. The van der Waals surface area contributed by atoms with Crippen LogP contribution in [0.4, 0.5) is 0 Å². The van der Waals surface area contributed by atoms with E-state index in [1.54, 1.807) is 0 Å². The lowest BCUT2D eigenvalue weighted by atomic mass is 9.99. The van der Waals surface area contributed by atoms with Crippen LogP contribution in [0.25, 0.3) is 0 Å². The van der Waals surface area contributed by atoms with Crippen LogP contribution in [-0.2, 0) is 13.0 Å². The molecule has 1 atom stereocenters. The molecule has 1 aromatic carbocycles. The van der Waals surface area contributed by atoms with Crippen LogP contribution in [0.2, 0.25) is 0 Å². The molecule has 1 N–H and O–H groups in total. The first-order valence-electron chi connectivity index (χ1n) is 6.49. The summed E-state index contributed by atoms with van der Waals surface area (Å²) in [4.78, 5) is 0. The number of benzene rings is 1. The Morgan fingerprint density at radius 3 is 2.72 bits per heavy atom. The Balaban J connectivity index is 2.23. The highest BCUT2D eigenvalue weighted by Crippen LogP contribution is 2.20. The number of hydrogen-bond acceptors (Lipinski definition) is 2. The lowest BCUT2D eigenvalue weighted by molar-refractivity contribution is 0.513. The van der Waals surface area contributed by atoms with Gasteiger partial charge in [-0.05, 0) is 44.5 Å². The summed E-state index contributed by atoms with van der Waals surface area (Å²) in [5.41, 5.74) is 3.99. The van der Waals surface area contributed by atoms with Gasteiger partial charge in [-0.2, -0.15) is 5.10 Å². The van der Waals surface area contributed by atoms with E-state index in [1.165, 1.54) is 16.8 Å². The van der Waals surface area contributed by atoms with Crippen LogP contribution in [0.1, 0.15) is 29.8 Å². The second-order valence-electron chi connectivity index (χ2n) is 4.54. The van der Waals surface area contributed by atoms with Crippen LogP contribution in [0.15, 0.2) is 36.5 Å². The molecule has 3 nitrogen and oxygen atoms in total. The van der Waals surface area contributed by atoms with Crippen molar-refractivity contribution in [1.29, 1.82) is 0 Å². The van der Waals surface area contributed by atoms with Crippen molar-refractivity contribution in [3.8, 4) is 0 Å². The van der Waals surface area contributed by atoms with Gasteiger partial charge in [-0.1, -0.05) is 24.3 Å². The molecule has 1 aromatic heterocycles. The Hall–Kier alpha value is -1.61. The highest BCUT2D eigenvalue weighted by molar-refractivity contribution is 5.27. The maximum Gasteiger partial charge on any atom is 0.0556 e. The summed E-state index contributed by atoms with van der Waals surface area (Å²) in [6.45, 7) is 5.20. The van der Waals surface area contributed by atoms with E-state index < -0.39 is 0 Å². The molecule has 18 heavy (non-hydrogen) atoms. The zero-order valence-electron chi connectivity index (χ0n) is 11.4. The topological polar surface area (TPSA) is 29.9 Å². The summed E-state index contributed by atoms with van der Waals surface area (Å²) >= 11 is 0. The Kier molecular flexibility index (Phi) is 4.15. The summed E-state index contributed by atoms with van der Waals surface area (Å²) in [7, 11) is 2.01. The van der Waals surface area contributed by atoms with E-state index in [4.69, 9.17) is 0 Å². The fraction of sp³-hybridized carbons (Fsp3) is 0.400. The third kappa shape index (κ3) is 2.62. The number of nitrogens with zero attached hydrogens (tertiary/aromatic N) is 2. The van der Waals surface area contributed by atoms with E-state index >= 15 is 0 Å². The van der Waals surface area contributed by atoms with Crippen LogP contribution in [-0.4, -0.2) is 16.8 Å². The molecular weight excluding hydrogens is 222 g/mol. The van der Waals surface area contributed by atoms with Gasteiger partial charge in [0.25, 0.3) is 0 Å². The zero-order valence-corrected chi connectivity index (χ0v) is 11.4. The van der Waals surface area contributed by atoms with Crippen molar-refractivity contribution in [2.75, 3.05) is 7.05 Å². The molecule has 0 saturated carbocycles. The number of nitrogens with one attached hydrogen (secondary N) is 1. The van der Waals surface area contributed by atoms with Crippen molar-refractivity contribution in [2.45, 2.75) is 32.9 Å². The minimum atomic E-state index is 0.313. The second-order valence-corrected chi connectivity index (χ2v) is 4.54. The number of aromatic nitrogens is 2. The summed E-state index contributed by atoms with van der Waals surface area (Å²) in [5, 5.41) is 7.74. The molecule has 1 unspecified atom stereocenters. The average molecular weight is 243 g/mol. The van der Waals surface area contributed by atoms with Gasteiger partial charge in [-0.3, -0.25) is 4.68 Å². The SMILES string of the molecule is CCn1nccc1C(Cc1ccccc1C)NC. The Morgan fingerprint density at radius 1 is 1.28 bits per heavy atom. The molecular formula is C15H21N3. The van der Waals surface area contributed by atoms with Crippen molar-refractivity contribution in [3.63, 3.8) is 0 Å². The van der Waals surface area contributed by atoms with E-state index in [0.29, 0.717) is 6.04 Å². The van der Waals surface area contributed by atoms with E-state index in [0.717, 1.165) is 13.0 Å². The van der Waals surface area contributed by atoms with Gasteiger partial charge in [0, 0.05) is 12.7 Å². The molecule has 0 aliphatic rings. The first-order chi connectivity index (χ1) is 8.76. The van der Waals surface area contributed by atoms with Gasteiger partial charge in [0.1, 0.15) is 0 Å². The monoisotopic (exact) mass is 243 g/mol. The summed E-state index contributed by atoms with van der Waals surface area (Å²) in [5.74, 6) is 0. The highest BCUT2D eigenvalue weighted by Gasteiger charge is 2.15. The maximum atomic E-state index is 4.34. The molecule has 1 heterocycles. The van der Waals surface area contributed by atoms with E-state index in [2.05, 4.69) is 59.3 Å². The number of rotatable bonds is 5. The van der Waals surface area contributed by atoms with Crippen LogP contribution < -0.4 is 5.32 Å². The van der Waals surface area contributed by atoms with Crippen molar-refractivity contribution >= 4 is 0 Å². The standard InChI is InChI=1S/C15H21N3/c1-4-18-15(9-10-17-18)14(16-3)11-13-8-6-5-7-12(13)2/h5-10,14,16H,4,11H2,1-3H3. The molecule has 0 aliphatic heterocycles. The minimum absolute atomic E-state index is 0.313. The van der Waals surface area contributed by atoms with Gasteiger partial charge < -0.3 is 5.32 Å². The lowest BCUT2D eigenvalue weighted by Crippen LogP contribution is -2.22. The molecule has 0 saturated heterocycles. The van der Waals surface area contributed by atoms with Gasteiger partial charge in [0.2, 0.25) is 0 Å². The first-order valence-corrected chi connectivity index (χ1v) is 6.49. The van der Waals surface area contributed by atoms with Gasteiger partial charge in [-0.25, -0.2) is 0 Å². The van der Waals surface area contributed by atoms with Gasteiger partial charge in [0.05, 0.1) is 11.7 Å². The number of hydrogen-bond donors (Lipinski definition) is 1. The normalized spacial score (nSPS) is 12.6. The molecule has 0 aliphatic carbocycles. The minimum Gasteiger partial charge on any atom is -0.311 e. The van der Waals surface area contributed by atoms with E-state index in [1.807, 2.05) is 13.2 Å². The number of likely N-dealkylation sites (N-methyl/N-ethyl adjacent to an activating group) is 1. The van der Waals surface area contributed by atoms with Crippen molar-refractivity contribution in [1.82, 2.24) is 15.1 Å². The third-order valence-electron chi connectivity index (χ3n) is 3.44. The molecule has 0 bridgehead atoms. The molecule has 96 valence electrons. The molecule has 0 spiro atoms. The van der Waals surface area contributed by atoms with Crippen molar-refractivity contribution < 1.29 is 0 Å². The van der Waals surface area contributed by atoms with Crippen LogP contribution in [0.3, 0.4) is 0 Å². The van der Waals surface area contributed by atoms with E-state index in [9.17, 15) is 0 Å². The summed E-state index contributed by atoms with van der Waals surface area (Å²) < 4.78 is 2.06. The van der Waals surface area contributed by atoms with Crippen molar-refractivity contribution in [2.24, 2.45) is 0 Å². The van der Waals surface area contributed by atoms with Crippen LogP contribution in [0, 0.1) is 6.92 Å². The van der Waals surface area contributed by atoms with Crippen LogP contribution >= 0.6 is 0 Å². The Labute approximate surface area is 109 Å². The highest BCUT2D eigenvalue weighted by atomic mass is 15.3. The number of aryl methyl sites for hydroxylation is 2. The predicted octanol–water partition coefficient (Wildman–Crippen LogP) is 2.71. The quantitative estimate of drug-likeness (QED) is 0.875. The molecule has 0 fully saturated rings. The molecule has 2 aromatic rings. The average Bonchev–Trinajstić information content (AvgIpc) is 2.86. The van der Waals surface area contributed by atoms with Gasteiger partial charge in [-0.15, -0.1) is 0 Å². The smallest absolute Gasteiger partial charge is 0.0556 e. The summed E-state index contributed by atoms with van der Waals surface area (Å²) in [6, 6.07) is 11.0. The maximum absolute atomic E-state index is 4.34. The summed E-state index contributed by atoms with van der Waals surface area (Å²) in [6.07, 6.45) is 2.87. The first kappa shape index (κ1) is 12.8. The fourth-order valence-electron chi connectivity index (χ4n) is 2.32. The van der Waals surface area contributed by atoms with Gasteiger partial charge in [0.15, 0.2) is 0 Å². The van der Waals surface area contributed by atoms with Gasteiger partial charge >= 0.3 is 0 Å². The molecule has 2 rings (SSSR count). The second kappa shape index (κ2) is 5.83. The third-order valence-corrected chi connectivity index (χ3v) is 3.44. The molecule has 0 amide bonds. The predicted molar refractivity (Wildman–Crippen MR) is 74.6 cm³/mol. The zero-order chi connectivity index (χ0) is 13.0. The lowest BCUT2D eigenvalue weighted by Gasteiger charge is -2.18.